The van der Waals surface area contributed by atoms with Gasteiger partial charge in [-0.2, -0.15) is 10.2 Å². The van der Waals surface area contributed by atoms with Crippen molar-refractivity contribution in [2.75, 3.05) is 23.3 Å². The van der Waals surface area contributed by atoms with Crippen LogP contribution >= 0.6 is 0 Å². The number of aromatic nitrogens is 2. The van der Waals surface area contributed by atoms with E-state index in [1.807, 2.05) is 18.2 Å². The summed E-state index contributed by atoms with van der Waals surface area (Å²) < 4.78 is 0. The van der Waals surface area contributed by atoms with Crippen molar-refractivity contribution in [3.8, 4) is 6.07 Å². The molecule has 1 aromatic carbocycles. The first-order valence-corrected chi connectivity index (χ1v) is 12.5. The fourth-order valence-corrected chi connectivity index (χ4v) is 4.69. The molecule has 178 valence electrons. The molecular formula is C27H40N6. The van der Waals surface area contributed by atoms with Crippen LogP contribution in [0.4, 0.5) is 17.5 Å². The lowest BCUT2D eigenvalue weighted by atomic mass is 9.95. The number of rotatable bonds is 11. The first-order chi connectivity index (χ1) is 15.9. The zero-order valence-electron chi connectivity index (χ0n) is 20.9. The number of nitrogens with zero attached hydrogens (tertiary/aromatic N) is 4. The van der Waals surface area contributed by atoms with E-state index in [0.717, 1.165) is 49.6 Å². The predicted molar refractivity (Wildman–Crippen MR) is 137 cm³/mol. The van der Waals surface area contributed by atoms with Gasteiger partial charge in [-0.1, -0.05) is 47.1 Å². The maximum absolute atomic E-state index is 9.19. The highest BCUT2D eigenvalue weighted by Gasteiger charge is 2.27. The molecule has 3 rings (SSSR count). The van der Waals surface area contributed by atoms with E-state index >= 15 is 0 Å². The molecule has 33 heavy (non-hydrogen) atoms. The van der Waals surface area contributed by atoms with Gasteiger partial charge in [-0.15, -0.1) is 0 Å². The number of benzene rings is 1. The van der Waals surface area contributed by atoms with Crippen molar-refractivity contribution in [2.24, 2.45) is 11.8 Å². The molecule has 1 fully saturated rings. The summed E-state index contributed by atoms with van der Waals surface area (Å²) in [7, 11) is 0. The lowest BCUT2D eigenvalue weighted by molar-refractivity contribution is 0.333. The van der Waals surface area contributed by atoms with Crippen molar-refractivity contribution in [3.05, 3.63) is 41.6 Å². The van der Waals surface area contributed by atoms with Crippen molar-refractivity contribution in [2.45, 2.75) is 78.8 Å². The second kappa shape index (κ2) is 12.0. The van der Waals surface area contributed by atoms with E-state index in [9.17, 15) is 5.26 Å². The molecule has 2 aromatic rings. The number of nitriles is 1. The van der Waals surface area contributed by atoms with Crippen molar-refractivity contribution in [1.82, 2.24) is 15.3 Å². The van der Waals surface area contributed by atoms with Gasteiger partial charge >= 0.3 is 0 Å². The number of nitrogens with one attached hydrogen (secondary N) is 2. The predicted octanol–water partition coefficient (Wildman–Crippen LogP) is 5.67. The molecule has 6 heteroatoms. The zero-order chi connectivity index (χ0) is 23.8. The van der Waals surface area contributed by atoms with E-state index in [4.69, 9.17) is 9.97 Å². The summed E-state index contributed by atoms with van der Waals surface area (Å²) in [6.45, 7) is 13.4. The zero-order valence-corrected chi connectivity index (χ0v) is 20.9. The van der Waals surface area contributed by atoms with Crippen LogP contribution in [0, 0.1) is 23.2 Å². The normalized spacial score (nSPS) is 16.1. The summed E-state index contributed by atoms with van der Waals surface area (Å²) >= 11 is 0. The molecule has 1 aliphatic rings. The Morgan fingerprint density at radius 1 is 1.12 bits per heavy atom. The third kappa shape index (κ3) is 7.71. The molecule has 0 bridgehead atoms. The number of aryl methyl sites for hydroxylation is 1. The Morgan fingerprint density at radius 3 is 2.55 bits per heavy atom. The fraction of sp³-hybridized carbons (Fsp3) is 0.593. The number of hydrogen-bond donors (Lipinski definition) is 2. The van der Waals surface area contributed by atoms with Crippen LogP contribution in [0.15, 0.2) is 30.3 Å². The van der Waals surface area contributed by atoms with Gasteiger partial charge in [-0.3, -0.25) is 0 Å². The van der Waals surface area contributed by atoms with Crippen LogP contribution in [0.25, 0.3) is 0 Å². The van der Waals surface area contributed by atoms with Crippen LogP contribution in [0.1, 0.15) is 71.6 Å². The van der Waals surface area contributed by atoms with Gasteiger partial charge in [0.1, 0.15) is 5.82 Å². The molecule has 2 N–H and O–H groups in total. The quantitative estimate of drug-likeness (QED) is 0.461. The summed E-state index contributed by atoms with van der Waals surface area (Å²) in [5.74, 6) is 2.98. The van der Waals surface area contributed by atoms with Crippen LogP contribution in [-0.4, -0.2) is 35.1 Å². The molecule has 1 saturated heterocycles. The van der Waals surface area contributed by atoms with Gasteiger partial charge in [0.05, 0.1) is 11.6 Å². The van der Waals surface area contributed by atoms with Gasteiger partial charge < -0.3 is 15.5 Å². The second-order valence-electron chi connectivity index (χ2n) is 10.2. The Kier molecular flexibility index (Phi) is 9.08. The van der Waals surface area contributed by atoms with Gasteiger partial charge in [0.2, 0.25) is 5.95 Å². The first kappa shape index (κ1) is 25.0. The molecule has 2 heterocycles. The van der Waals surface area contributed by atoms with E-state index in [-0.39, 0.29) is 0 Å². The molecule has 6 nitrogen and oxygen atoms in total. The topological polar surface area (TPSA) is 76.9 Å². The highest BCUT2D eigenvalue weighted by Crippen LogP contribution is 2.24. The summed E-state index contributed by atoms with van der Waals surface area (Å²) in [5, 5.41) is 16.5. The summed E-state index contributed by atoms with van der Waals surface area (Å²) in [6.07, 6.45) is 5.53. The van der Waals surface area contributed by atoms with Crippen LogP contribution in [-0.2, 0) is 6.42 Å². The Bertz CT molecular complexity index is 922. The molecule has 0 amide bonds. The Hall–Kier alpha value is -2.65. The molecule has 0 radical (unpaired) electrons. The van der Waals surface area contributed by atoms with E-state index < -0.39 is 0 Å². The van der Waals surface area contributed by atoms with Crippen molar-refractivity contribution < 1.29 is 0 Å². The van der Waals surface area contributed by atoms with E-state index in [0.29, 0.717) is 35.4 Å². The maximum atomic E-state index is 9.19. The highest BCUT2D eigenvalue weighted by atomic mass is 15.3. The van der Waals surface area contributed by atoms with Crippen LogP contribution in [0.5, 0.6) is 0 Å². The Labute approximate surface area is 199 Å². The number of anilines is 3. The molecular weight excluding hydrogens is 408 g/mol. The minimum absolute atomic E-state index is 0.487. The standard InChI is InChI=1S/C27H40N6/c1-6-8-22-16-26(32-27(30-22)31-23-10-7-9-21(15-23)17-28)33-12-11-24(18-33)29-25(13-19(2)3)14-20(4)5/h7,9-10,15-16,19-20,24-25,29H,6,8,11-14,18H2,1-5H3,(H,30,31,32). The monoisotopic (exact) mass is 448 g/mol. The molecule has 0 spiro atoms. The largest absolute Gasteiger partial charge is 0.355 e. The Morgan fingerprint density at radius 2 is 1.88 bits per heavy atom. The maximum Gasteiger partial charge on any atom is 0.229 e. The second-order valence-corrected chi connectivity index (χ2v) is 10.2. The number of hydrogen-bond acceptors (Lipinski definition) is 6. The van der Waals surface area contributed by atoms with Crippen molar-refractivity contribution >= 4 is 17.5 Å². The highest BCUT2D eigenvalue weighted by molar-refractivity contribution is 5.58. The molecule has 1 aromatic heterocycles. The summed E-state index contributed by atoms with van der Waals surface area (Å²) in [5.41, 5.74) is 2.51. The third-order valence-electron chi connectivity index (χ3n) is 6.02. The van der Waals surface area contributed by atoms with Crippen LogP contribution < -0.4 is 15.5 Å². The van der Waals surface area contributed by atoms with E-state index in [2.05, 4.69) is 62.3 Å². The lowest BCUT2D eigenvalue weighted by Gasteiger charge is -2.26. The van der Waals surface area contributed by atoms with Crippen LogP contribution in [0.3, 0.4) is 0 Å². The third-order valence-corrected chi connectivity index (χ3v) is 6.02. The average molecular weight is 449 g/mol. The van der Waals surface area contributed by atoms with Gasteiger partial charge in [0.15, 0.2) is 0 Å². The minimum Gasteiger partial charge on any atom is -0.355 e. The van der Waals surface area contributed by atoms with Gasteiger partial charge in [-0.05, 0) is 55.7 Å². The molecule has 1 atom stereocenters. The van der Waals surface area contributed by atoms with Crippen LogP contribution in [0.2, 0.25) is 0 Å². The van der Waals surface area contributed by atoms with Gasteiger partial charge in [0, 0.05) is 42.6 Å². The van der Waals surface area contributed by atoms with Crippen molar-refractivity contribution in [3.63, 3.8) is 0 Å². The van der Waals surface area contributed by atoms with Gasteiger partial charge in [-0.25, -0.2) is 4.98 Å². The summed E-state index contributed by atoms with van der Waals surface area (Å²) in [6, 6.07) is 12.8. The summed E-state index contributed by atoms with van der Waals surface area (Å²) in [4.78, 5) is 12.0. The Balaban J connectivity index is 1.73. The average Bonchev–Trinajstić information content (AvgIpc) is 3.21. The molecule has 1 aliphatic heterocycles. The SMILES string of the molecule is CCCc1cc(N2CCC(NC(CC(C)C)CC(C)C)C2)nc(Nc2cccc(C#N)c2)n1. The van der Waals surface area contributed by atoms with E-state index in [1.165, 1.54) is 12.8 Å². The van der Waals surface area contributed by atoms with E-state index in [1.54, 1.807) is 6.07 Å². The molecule has 0 saturated carbocycles. The van der Waals surface area contributed by atoms with Crippen molar-refractivity contribution in [1.29, 1.82) is 5.26 Å². The molecule has 1 unspecified atom stereocenters. The molecule has 0 aliphatic carbocycles. The minimum atomic E-state index is 0.487. The fourth-order valence-electron chi connectivity index (χ4n) is 4.69. The lowest BCUT2D eigenvalue weighted by Crippen LogP contribution is -2.41. The smallest absolute Gasteiger partial charge is 0.229 e. The van der Waals surface area contributed by atoms with Gasteiger partial charge in [0.25, 0.3) is 0 Å². The first-order valence-electron chi connectivity index (χ1n) is 12.5.